The van der Waals surface area contributed by atoms with Crippen molar-refractivity contribution in [2.45, 2.75) is 31.5 Å². The summed E-state index contributed by atoms with van der Waals surface area (Å²) in [6, 6.07) is 21.4. The van der Waals surface area contributed by atoms with Crippen LogP contribution >= 0.6 is 11.6 Å². The van der Waals surface area contributed by atoms with Gasteiger partial charge in [-0.05, 0) is 35.2 Å². The molecule has 0 atom stereocenters. The Morgan fingerprint density at radius 3 is 1.88 bits per heavy atom. The molecule has 0 saturated heterocycles. The van der Waals surface area contributed by atoms with E-state index in [1.165, 1.54) is 23.5 Å². The number of rotatable bonds is 11. The Hall–Kier alpha value is -2.87. The van der Waals surface area contributed by atoms with Crippen LogP contribution < -0.4 is 9.47 Å². The summed E-state index contributed by atoms with van der Waals surface area (Å²) in [6.45, 7) is 2.52. The average molecular weight is 488 g/mol. The highest BCUT2D eigenvalue weighted by Crippen LogP contribution is 2.35. The second-order valence-corrected chi connectivity index (χ2v) is 9.80. The third kappa shape index (κ3) is 6.35. The number of carbonyl (C=O) groups excluding carboxylic acids is 1. The Balaban J connectivity index is 2.03. The zero-order valence-electron chi connectivity index (χ0n) is 18.5. The molecule has 0 aliphatic heterocycles. The molecule has 174 valence electrons. The second kappa shape index (κ2) is 11.3. The Kier molecular flexibility index (Phi) is 8.49. The van der Waals surface area contributed by atoms with Gasteiger partial charge in [-0.25, -0.2) is 12.7 Å². The van der Waals surface area contributed by atoms with Crippen molar-refractivity contribution in [3.05, 3.63) is 89.5 Å². The molecular weight excluding hydrogens is 462 g/mol. The van der Waals surface area contributed by atoms with Crippen molar-refractivity contribution in [2.24, 2.45) is 0 Å². The third-order valence-corrected chi connectivity index (χ3v) is 7.04. The first-order valence-corrected chi connectivity index (χ1v) is 12.3. The smallest absolute Gasteiger partial charge is 0.256 e. The first-order chi connectivity index (χ1) is 15.8. The van der Waals surface area contributed by atoms with E-state index in [2.05, 4.69) is 0 Å². The van der Waals surface area contributed by atoms with E-state index in [1.54, 1.807) is 0 Å². The maximum atomic E-state index is 13.3. The molecule has 0 bridgehead atoms. The topological polar surface area (TPSA) is 72.9 Å². The lowest BCUT2D eigenvalue weighted by Gasteiger charge is -2.21. The highest BCUT2D eigenvalue weighted by molar-refractivity contribution is 7.89. The maximum absolute atomic E-state index is 13.3. The number of ether oxygens (including phenoxy) is 2. The molecule has 6 nitrogen and oxygen atoms in total. The summed E-state index contributed by atoms with van der Waals surface area (Å²) in [7, 11) is -2.45. The molecule has 0 fully saturated rings. The van der Waals surface area contributed by atoms with Gasteiger partial charge in [0.2, 0.25) is 10.0 Å². The van der Waals surface area contributed by atoms with Gasteiger partial charge >= 0.3 is 0 Å². The van der Waals surface area contributed by atoms with E-state index in [9.17, 15) is 13.2 Å². The predicted molar refractivity (Wildman–Crippen MR) is 128 cm³/mol. The van der Waals surface area contributed by atoms with E-state index in [0.717, 1.165) is 11.1 Å². The first kappa shape index (κ1) is 24.8. The largest absolute Gasteiger partial charge is 0.488 e. The van der Waals surface area contributed by atoms with Gasteiger partial charge in [0, 0.05) is 19.7 Å². The van der Waals surface area contributed by atoms with Crippen LogP contribution in [0.1, 0.15) is 34.8 Å². The van der Waals surface area contributed by atoms with Crippen molar-refractivity contribution in [1.29, 1.82) is 0 Å². The number of carbonyl (C=O) groups is 1. The standard InChI is InChI=1S/C25H26ClNO5S/c1-3-14-27(2)33(29,30)24-15-21(25(26)28)22(31-17-19-10-6-4-7-11-19)16-23(24)32-18-20-12-8-5-9-13-20/h4-13,15-16H,3,14,17-18H2,1-2H3. The average Bonchev–Trinajstić information content (AvgIpc) is 2.82. The van der Waals surface area contributed by atoms with Gasteiger partial charge in [-0.2, -0.15) is 0 Å². The lowest BCUT2D eigenvalue weighted by molar-refractivity contribution is 0.107. The van der Waals surface area contributed by atoms with E-state index in [4.69, 9.17) is 21.1 Å². The Labute approximate surface area is 199 Å². The van der Waals surface area contributed by atoms with Crippen LogP contribution in [-0.2, 0) is 23.2 Å². The molecule has 0 spiro atoms. The van der Waals surface area contributed by atoms with Gasteiger partial charge < -0.3 is 9.47 Å². The zero-order chi connectivity index (χ0) is 23.8. The maximum Gasteiger partial charge on any atom is 0.256 e. The van der Waals surface area contributed by atoms with Gasteiger partial charge in [-0.3, -0.25) is 4.79 Å². The summed E-state index contributed by atoms with van der Waals surface area (Å²) in [4.78, 5) is 12.0. The highest BCUT2D eigenvalue weighted by Gasteiger charge is 2.28. The van der Waals surface area contributed by atoms with Crippen LogP contribution in [0.15, 0.2) is 77.7 Å². The van der Waals surface area contributed by atoms with Crippen LogP contribution in [0.4, 0.5) is 0 Å². The molecule has 0 radical (unpaired) electrons. The van der Waals surface area contributed by atoms with Crippen LogP contribution in [0.25, 0.3) is 0 Å². The van der Waals surface area contributed by atoms with Gasteiger partial charge in [0.1, 0.15) is 29.6 Å². The van der Waals surface area contributed by atoms with Crippen molar-refractivity contribution in [3.63, 3.8) is 0 Å². The van der Waals surface area contributed by atoms with Crippen LogP contribution in [0.2, 0.25) is 0 Å². The number of nitrogens with zero attached hydrogens (tertiary/aromatic N) is 1. The van der Waals surface area contributed by atoms with Crippen LogP contribution in [0.5, 0.6) is 11.5 Å². The molecule has 3 aromatic carbocycles. The molecule has 0 aromatic heterocycles. The van der Waals surface area contributed by atoms with Crippen molar-refractivity contribution < 1.29 is 22.7 Å². The molecule has 0 aliphatic carbocycles. The SMILES string of the molecule is CCCN(C)S(=O)(=O)c1cc(C(=O)Cl)c(OCc2ccccc2)cc1OCc1ccccc1. The number of halogens is 1. The molecule has 0 amide bonds. The van der Waals surface area contributed by atoms with Crippen molar-refractivity contribution in [2.75, 3.05) is 13.6 Å². The second-order valence-electron chi connectivity index (χ2n) is 7.44. The normalized spacial score (nSPS) is 11.4. The highest BCUT2D eigenvalue weighted by atomic mass is 35.5. The van der Waals surface area contributed by atoms with Gasteiger partial charge in [0.15, 0.2) is 0 Å². The zero-order valence-corrected chi connectivity index (χ0v) is 20.1. The minimum Gasteiger partial charge on any atom is -0.488 e. The predicted octanol–water partition coefficient (Wildman–Crippen LogP) is 5.25. The van der Waals surface area contributed by atoms with Crippen LogP contribution in [0.3, 0.4) is 0 Å². The molecule has 0 N–H and O–H groups in total. The molecule has 0 heterocycles. The molecular formula is C25H26ClNO5S. The Morgan fingerprint density at radius 1 is 0.879 bits per heavy atom. The lowest BCUT2D eigenvalue weighted by atomic mass is 10.2. The molecule has 0 aliphatic rings. The minimum absolute atomic E-state index is 0.0388. The van der Waals surface area contributed by atoms with Gasteiger partial charge in [0.05, 0.1) is 5.56 Å². The molecule has 3 rings (SSSR count). The first-order valence-electron chi connectivity index (χ1n) is 10.5. The summed E-state index contributed by atoms with van der Waals surface area (Å²) in [5.41, 5.74) is 1.71. The summed E-state index contributed by atoms with van der Waals surface area (Å²) in [5.74, 6) is 0.241. The monoisotopic (exact) mass is 487 g/mol. The molecule has 33 heavy (non-hydrogen) atoms. The van der Waals surface area contributed by atoms with Crippen molar-refractivity contribution >= 4 is 26.9 Å². The van der Waals surface area contributed by atoms with Crippen LogP contribution in [0, 0.1) is 0 Å². The van der Waals surface area contributed by atoms with E-state index in [-0.39, 0.29) is 35.2 Å². The van der Waals surface area contributed by atoms with Crippen molar-refractivity contribution in [1.82, 2.24) is 4.31 Å². The molecule has 0 saturated carbocycles. The van der Waals surface area contributed by atoms with E-state index in [1.807, 2.05) is 67.6 Å². The summed E-state index contributed by atoms with van der Waals surface area (Å²) >= 11 is 5.81. The summed E-state index contributed by atoms with van der Waals surface area (Å²) in [5, 5.41) is -0.817. The number of sulfonamides is 1. The molecule has 3 aromatic rings. The van der Waals surface area contributed by atoms with Gasteiger partial charge in [-0.15, -0.1) is 0 Å². The van der Waals surface area contributed by atoms with Gasteiger partial charge in [0.25, 0.3) is 5.24 Å². The van der Waals surface area contributed by atoms with Crippen LogP contribution in [-0.4, -0.2) is 31.6 Å². The number of benzene rings is 3. The molecule has 8 heteroatoms. The summed E-state index contributed by atoms with van der Waals surface area (Å²) in [6.07, 6.45) is 0.634. The third-order valence-electron chi connectivity index (χ3n) is 4.96. The fourth-order valence-corrected chi connectivity index (χ4v) is 4.75. The lowest BCUT2D eigenvalue weighted by Crippen LogP contribution is -2.28. The fraction of sp³-hybridized carbons (Fsp3) is 0.240. The number of hydrogen-bond acceptors (Lipinski definition) is 5. The van der Waals surface area contributed by atoms with E-state index >= 15 is 0 Å². The minimum atomic E-state index is -3.93. The summed E-state index contributed by atoms with van der Waals surface area (Å²) < 4.78 is 39.6. The Morgan fingerprint density at radius 2 is 1.39 bits per heavy atom. The fourth-order valence-electron chi connectivity index (χ4n) is 3.20. The van der Waals surface area contributed by atoms with Crippen molar-refractivity contribution in [3.8, 4) is 11.5 Å². The quantitative estimate of drug-likeness (QED) is 0.345. The Bertz CT molecular complexity index is 1180. The van der Waals surface area contributed by atoms with Gasteiger partial charge in [-0.1, -0.05) is 67.6 Å². The van der Waals surface area contributed by atoms with E-state index in [0.29, 0.717) is 13.0 Å². The van der Waals surface area contributed by atoms with E-state index < -0.39 is 15.3 Å². The number of hydrogen-bond donors (Lipinski definition) is 0. The molecule has 0 unspecified atom stereocenters.